The molecule has 3 rings (SSSR count). The van der Waals surface area contributed by atoms with Gasteiger partial charge in [-0.25, -0.2) is 9.59 Å². The molecule has 0 fully saturated rings. The Bertz CT molecular complexity index is 856. The maximum absolute atomic E-state index is 12.3. The van der Waals surface area contributed by atoms with Crippen LogP contribution in [-0.2, 0) is 16.1 Å². The van der Waals surface area contributed by atoms with Gasteiger partial charge in [-0.2, -0.15) is 4.68 Å². The number of aromatic nitrogens is 4. The van der Waals surface area contributed by atoms with Crippen LogP contribution in [0.5, 0.6) is 0 Å². The van der Waals surface area contributed by atoms with Gasteiger partial charge in [0, 0.05) is 0 Å². The number of hydrogen-bond acceptors (Lipinski definition) is 8. The summed E-state index contributed by atoms with van der Waals surface area (Å²) >= 11 is 0. The van der Waals surface area contributed by atoms with Crippen LogP contribution in [0.2, 0.25) is 0 Å². The van der Waals surface area contributed by atoms with Gasteiger partial charge in [0.25, 0.3) is 0 Å². The highest BCUT2D eigenvalue weighted by Gasteiger charge is 2.16. The van der Waals surface area contributed by atoms with E-state index in [9.17, 15) is 9.59 Å². The topological polar surface area (TPSA) is 109 Å². The van der Waals surface area contributed by atoms with E-state index in [0.717, 1.165) is 0 Å². The summed E-state index contributed by atoms with van der Waals surface area (Å²) in [5.74, 6) is -0.810. The maximum Gasteiger partial charge on any atom is 0.373 e. The summed E-state index contributed by atoms with van der Waals surface area (Å²) in [4.78, 5) is 23.6. The minimum atomic E-state index is -0.600. The number of carbonyl (C=O) groups is 2. The van der Waals surface area contributed by atoms with E-state index in [1.807, 2.05) is 0 Å². The lowest BCUT2D eigenvalue weighted by atomic mass is 10.2. The molecule has 0 saturated heterocycles. The first-order valence-corrected chi connectivity index (χ1v) is 6.85. The number of tetrazole rings is 1. The second-order valence-corrected chi connectivity index (χ2v) is 4.61. The second kappa shape index (κ2) is 6.73. The van der Waals surface area contributed by atoms with Gasteiger partial charge in [0.2, 0.25) is 5.76 Å². The number of benzene rings is 1. The minimum absolute atomic E-state index is 0.0395. The maximum atomic E-state index is 12.3. The first kappa shape index (κ1) is 15.4. The zero-order valence-corrected chi connectivity index (χ0v) is 12.6. The number of ether oxygens (including phenoxy) is 2. The molecule has 0 aliphatic rings. The van der Waals surface area contributed by atoms with E-state index in [4.69, 9.17) is 9.15 Å². The summed E-state index contributed by atoms with van der Waals surface area (Å²) in [6.45, 7) is -0.125. The van der Waals surface area contributed by atoms with Crippen molar-refractivity contribution in [2.45, 2.75) is 6.61 Å². The molecule has 0 saturated carbocycles. The molecule has 3 aromatic rings. The number of carbonyl (C=O) groups excluding carboxylic acids is 2. The van der Waals surface area contributed by atoms with Crippen LogP contribution < -0.4 is 0 Å². The van der Waals surface area contributed by atoms with Crippen molar-refractivity contribution in [3.63, 3.8) is 0 Å². The van der Waals surface area contributed by atoms with Crippen LogP contribution >= 0.6 is 0 Å². The van der Waals surface area contributed by atoms with Crippen molar-refractivity contribution < 1.29 is 23.5 Å². The first-order chi connectivity index (χ1) is 11.7. The lowest BCUT2D eigenvalue weighted by molar-refractivity contribution is 0.0438. The molecule has 0 aliphatic carbocycles. The summed E-state index contributed by atoms with van der Waals surface area (Å²) in [6.07, 6.45) is 1.38. The largest absolute Gasteiger partial charge is 0.463 e. The fourth-order valence-corrected chi connectivity index (χ4v) is 2.00. The zero-order chi connectivity index (χ0) is 16.9. The van der Waals surface area contributed by atoms with Gasteiger partial charge in [-0.15, -0.1) is 5.10 Å². The van der Waals surface area contributed by atoms with Crippen LogP contribution in [0.1, 0.15) is 26.7 Å². The fraction of sp³-hybridized carbons (Fsp3) is 0.133. The molecule has 122 valence electrons. The average molecular weight is 328 g/mol. The third-order valence-corrected chi connectivity index (χ3v) is 3.11. The van der Waals surface area contributed by atoms with E-state index in [2.05, 4.69) is 20.3 Å². The molecule has 0 aliphatic heterocycles. The third-order valence-electron chi connectivity index (χ3n) is 3.11. The quantitative estimate of drug-likeness (QED) is 0.646. The molecule has 9 nitrogen and oxygen atoms in total. The van der Waals surface area contributed by atoms with E-state index in [0.29, 0.717) is 17.0 Å². The first-order valence-electron chi connectivity index (χ1n) is 6.85. The molecule has 1 aromatic carbocycles. The molecule has 0 bridgehead atoms. The number of methoxy groups -OCH3 is 1. The molecule has 9 heteroatoms. The lowest BCUT2D eigenvalue weighted by Gasteiger charge is -2.07. The van der Waals surface area contributed by atoms with Gasteiger partial charge >= 0.3 is 11.9 Å². The molecule has 2 heterocycles. The number of furan rings is 1. The smallest absolute Gasteiger partial charge is 0.373 e. The normalized spacial score (nSPS) is 10.4. The number of nitrogens with zero attached hydrogens (tertiary/aromatic N) is 4. The molecule has 0 atom stereocenters. The third kappa shape index (κ3) is 3.14. The van der Waals surface area contributed by atoms with Gasteiger partial charge in [-0.1, -0.05) is 12.1 Å². The van der Waals surface area contributed by atoms with Crippen molar-refractivity contribution in [1.29, 1.82) is 0 Å². The Morgan fingerprint density at radius 3 is 2.75 bits per heavy atom. The van der Waals surface area contributed by atoms with Crippen LogP contribution in [0.25, 0.3) is 5.69 Å². The van der Waals surface area contributed by atoms with E-state index in [1.165, 1.54) is 30.3 Å². The van der Waals surface area contributed by atoms with Gasteiger partial charge in [0.05, 0.1) is 18.4 Å². The van der Waals surface area contributed by atoms with E-state index >= 15 is 0 Å². The highest BCUT2D eigenvalue weighted by molar-refractivity contribution is 5.93. The van der Waals surface area contributed by atoms with Crippen LogP contribution in [-0.4, -0.2) is 39.3 Å². The fourth-order valence-electron chi connectivity index (χ4n) is 2.00. The monoisotopic (exact) mass is 328 g/mol. The van der Waals surface area contributed by atoms with Gasteiger partial charge in [0.15, 0.2) is 0 Å². The molecule has 0 radical (unpaired) electrons. The highest BCUT2D eigenvalue weighted by atomic mass is 16.5. The van der Waals surface area contributed by atoms with Gasteiger partial charge < -0.3 is 13.9 Å². The summed E-state index contributed by atoms with van der Waals surface area (Å²) in [5.41, 5.74) is 0.784. The Morgan fingerprint density at radius 2 is 2.00 bits per heavy atom. The zero-order valence-electron chi connectivity index (χ0n) is 12.6. The van der Waals surface area contributed by atoms with E-state index < -0.39 is 11.9 Å². The van der Waals surface area contributed by atoms with E-state index in [-0.39, 0.29) is 12.4 Å². The van der Waals surface area contributed by atoms with Crippen molar-refractivity contribution in [3.8, 4) is 5.69 Å². The van der Waals surface area contributed by atoms with Crippen LogP contribution in [0.3, 0.4) is 0 Å². The lowest BCUT2D eigenvalue weighted by Crippen LogP contribution is -2.10. The second-order valence-electron chi connectivity index (χ2n) is 4.61. The predicted octanol–water partition coefficient (Wildman–Crippen LogP) is 1.40. The van der Waals surface area contributed by atoms with Gasteiger partial charge in [-0.3, -0.25) is 0 Å². The Balaban J connectivity index is 1.72. The van der Waals surface area contributed by atoms with E-state index in [1.54, 1.807) is 24.3 Å². The molecule has 2 aromatic heterocycles. The van der Waals surface area contributed by atoms with Crippen molar-refractivity contribution >= 4 is 11.9 Å². The number of esters is 2. The minimum Gasteiger partial charge on any atom is -0.463 e. The van der Waals surface area contributed by atoms with Crippen molar-refractivity contribution in [2.24, 2.45) is 0 Å². The van der Waals surface area contributed by atoms with Gasteiger partial charge in [0.1, 0.15) is 18.7 Å². The molecule has 0 spiro atoms. The average Bonchev–Trinajstić information content (AvgIpc) is 3.30. The molecular formula is C15H12N4O5. The SMILES string of the molecule is COC(=O)c1ccc(COC(=O)c2ccccc2-n2cnnn2)o1. The summed E-state index contributed by atoms with van der Waals surface area (Å²) < 4.78 is 16.3. The van der Waals surface area contributed by atoms with Crippen LogP contribution in [0.15, 0.2) is 47.1 Å². The molecule has 24 heavy (non-hydrogen) atoms. The van der Waals surface area contributed by atoms with Crippen molar-refractivity contribution in [3.05, 3.63) is 59.8 Å². The Labute approximate surface area is 135 Å². The molecular weight excluding hydrogens is 316 g/mol. The Morgan fingerprint density at radius 1 is 1.17 bits per heavy atom. The van der Waals surface area contributed by atoms with Crippen LogP contribution in [0.4, 0.5) is 0 Å². The number of rotatable bonds is 5. The molecule has 0 unspecified atom stereocenters. The van der Waals surface area contributed by atoms with Crippen LogP contribution in [0, 0.1) is 0 Å². The van der Waals surface area contributed by atoms with Gasteiger partial charge in [-0.05, 0) is 34.7 Å². The Hall–Kier alpha value is -3.49. The molecule has 0 N–H and O–H groups in total. The Kier molecular flexibility index (Phi) is 4.32. The summed E-state index contributed by atoms with van der Waals surface area (Å²) in [5, 5.41) is 10.8. The predicted molar refractivity (Wildman–Crippen MR) is 78.3 cm³/mol. The highest BCUT2D eigenvalue weighted by Crippen LogP contribution is 2.16. The summed E-state index contributed by atoms with van der Waals surface area (Å²) in [7, 11) is 1.25. The standard InChI is InChI=1S/C15H12N4O5/c1-22-15(21)13-7-6-10(24-13)8-23-14(20)11-4-2-3-5-12(11)19-9-16-17-18-19/h2-7,9H,8H2,1H3. The number of para-hydroxylation sites is 1. The number of hydrogen-bond donors (Lipinski definition) is 0. The summed E-state index contributed by atoms with van der Waals surface area (Å²) in [6, 6.07) is 9.73. The van der Waals surface area contributed by atoms with Crippen molar-refractivity contribution in [2.75, 3.05) is 7.11 Å². The van der Waals surface area contributed by atoms with Crippen molar-refractivity contribution in [1.82, 2.24) is 20.2 Å². The molecule has 0 amide bonds.